The second-order valence-corrected chi connectivity index (χ2v) is 5.62. The van der Waals surface area contributed by atoms with Crippen molar-refractivity contribution in [2.24, 2.45) is 0 Å². The van der Waals surface area contributed by atoms with E-state index >= 15 is 0 Å². The number of nitro groups is 1. The number of ether oxygens (including phenoxy) is 1. The topological polar surface area (TPSA) is 107 Å². The summed E-state index contributed by atoms with van der Waals surface area (Å²) in [5.74, 6) is 0.743. The molecule has 0 aliphatic heterocycles. The van der Waals surface area contributed by atoms with Crippen LogP contribution in [0, 0.1) is 10.1 Å². The van der Waals surface area contributed by atoms with Crippen molar-refractivity contribution in [1.82, 2.24) is 19.6 Å². The Labute approximate surface area is 153 Å². The number of non-ortho nitro benzene ring substituents is 1. The quantitative estimate of drug-likeness (QED) is 0.428. The Morgan fingerprint density at radius 2 is 2.11 bits per heavy atom. The highest BCUT2D eigenvalue weighted by atomic mass is 16.6. The maximum absolute atomic E-state index is 11.0. The van der Waals surface area contributed by atoms with E-state index in [9.17, 15) is 10.1 Å². The summed E-state index contributed by atoms with van der Waals surface area (Å²) in [6, 6.07) is 11.8. The SMILES string of the molecule is COc1ccc([N+](=O)[O-])cc1Nc1nccc(-c2cnn3ccccc23)n1. The summed E-state index contributed by atoms with van der Waals surface area (Å²) in [6.45, 7) is 0. The van der Waals surface area contributed by atoms with Crippen LogP contribution >= 0.6 is 0 Å². The van der Waals surface area contributed by atoms with E-state index in [1.165, 1.54) is 25.3 Å². The standard InChI is InChI=1S/C18H14N6O3/c1-27-17-6-5-12(24(25)26)10-15(17)22-18-19-8-7-14(21-18)13-11-20-23-9-3-2-4-16(13)23/h2-11H,1H3,(H,19,21,22). The number of methoxy groups -OCH3 is 1. The number of hydrogen-bond donors (Lipinski definition) is 1. The van der Waals surface area contributed by atoms with Crippen molar-refractivity contribution in [1.29, 1.82) is 0 Å². The fraction of sp³-hybridized carbons (Fsp3) is 0.0556. The van der Waals surface area contributed by atoms with Crippen LogP contribution in [0.2, 0.25) is 0 Å². The molecule has 0 bridgehead atoms. The monoisotopic (exact) mass is 362 g/mol. The van der Waals surface area contributed by atoms with Gasteiger partial charge in [-0.1, -0.05) is 6.07 Å². The number of nitro benzene ring substituents is 1. The molecule has 4 rings (SSSR count). The predicted molar refractivity (Wildman–Crippen MR) is 99.1 cm³/mol. The van der Waals surface area contributed by atoms with E-state index in [-0.39, 0.29) is 5.69 Å². The summed E-state index contributed by atoms with van der Waals surface area (Å²) < 4.78 is 7.02. The van der Waals surface area contributed by atoms with Gasteiger partial charge >= 0.3 is 0 Å². The maximum atomic E-state index is 11.0. The van der Waals surface area contributed by atoms with Gasteiger partial charge in [0.1, 0.15) is 5.75 Å². The summed E-state index contributed by atoms with van der Waals surface area (Å²) in [5.41, 5.74) is 2.79. The number of aromatic nitrogens is 4. The summed E-state index contributed by atoms with van der Waals surface area (Å²) >= 11 is 0. The molecule has 0 saturated heterocycles. The lowest BCUT2D eigenvalue weighted by atomic mass is 10.2. The van der Waals surface area contributed by atoms with Crippen molar-refractivity contribution in [2.45, 2.75) is 0 Å². The van der Waals surface area contributed by atoms with Gasteiger partial charge in [0.05, 0.1) is 35.1 Å². The molecule has 9 nitrogen and oxygen atoms in total. The van der Waals surface area contributed by atoms with Crippen LogP contribution in [-0.4, -0.2) is 31.6 Å². The van der Waals surface area contributed by atoms with Gasteiger partial charge in [0.15, 0.2) is 0 Å². The van der Waals surface area contributed by atoms with Gasteiger partial charge in [-0.25, -0.2) is 14.5 Å². The molecular weight excluding hydrogens is 348 g/mol. The van der Waals surface area contributed by atoms with E-state index < -0.39 is 4.92 Å². The summed E-state index contributed by atoms with van der Waals surface area (Å²) in [4.78, 5) is 19.3. The first-order chi connectivity index (χ1) is 13.2. The van der Waals surface area contributed by atoms with E-state index in [1.54, 1.807) is 23.0 Å². The molecule has 0 fully saturated rings. The number of fused-ring (bicyclic) bond motifs is 1. The first-order valence-corrected chi connectivity index (χ1v) is 8.01. The molecule has 0 aliphatic carbocycles. The molecule has 9 heteroatoms. The molecule has 0 aliphatic rings. The minimum atomic E-state index is -0.471. The van der Waals surface area contributed by atoms with Crippen LogP contribution in [0.25, 0.3) is 16.8 Å². The minimum Gasteiger partial charge on any atom is -0.495 e. The molecule has 134 valence electrons. The largest absolute Gasteiger partial charge is 0.495 e. The highest BCUT2D eigenvalue weighted by molar-refractivity contribution is 5.78. The second kappa shape index (κ2) is 6.71. The summed E-state index contributed by atoms with van der Waals surface area (Å²) in [7, 11) is 1.49. The maximum Gasteiger partial charge on any atom is 0.271 e. The fourth-order valence-electron chi connectivity index (χ4n) is 2.73. The Kier molecular flexibility index (Phi) is 4.09. The molecule has 0 saturated carbocycles. The van der Waals surface area contributed by atoms with Gasteiger partial charge in [-0.15, -0.1) is 0 Å². The second-order valence-electron chi connectivity index (χ2n) is 5.62. The van der Waals surface area contributed by atoms with Gasteiger partial charge < -0.3 is 10.1 Å². The number of nitrogens with one attached hydrogen (secondary N) is 1. The third kappa shape index (κ3) is 3.13. The van der Waals surface area contributed by atoms with Gasteiger partial charge in [0.25, 0.3) is 5.69 Å². The Morgan fingerprint density at radius 3 is 2.93 bits per heavy atom. The van der Waals surface area contributed by atoms with Crippen molar-refractivity contribution < 1.29 is 9.66 Å². The Morgan fingerprint density at radius 1 is 1.22 bits per heavy atom. The Balaban J connectivity index is 1.72. The zero-order valence-electron chi connectivity index (χ0n) is 14.2. The van der Waals surface area contributed by atoms with Gasteiger partial charge in [0.2, 0.25) is 5.95 Å². The molecule has 3 heterocycles. The van der Waals surface area contributed by atoms with E-state index in [2.05, 4.69) is 20.4 Å². The molecule has 0 radical (unpaired) electrons. The highest BCUT2D eigenvalue weighted by Crippen LogP contribution is 2.31. The van der Waals surface area contributed by atoms with Gasteiger partial charge in [-0.3, -0.25) is 10.1 Å². The van der Waals surface area contributed by atoms with Crippen molar-refractivity contribution in [3.05, 3.63) is 71.2 Å². The predicted octanol–water partition coefficient (Wildman–Crippen LogP) is 3.45. The molecule has 0 amide bonds. The van der Waals surface area contributed by atoms with Crippen molar-refractivity contribution in [3.63, 3.8) is 0 Å². The molecule has 27 heavy (non-hydrogen) atoms. The lowest BCUT2D eigenvalue weighted by molar-refractivity contribution is -0.384. The molecular formula is C18H14N6O3. The minimum absolute atomic E-state index is 0.0583. The van der Waals surface area contributed by atoms with Gasteiger partial charge in [-0.2, -0.15) is 5.10 Å². The van der Waals surface area contributed by atoms with Crippen LogP contribution in [0.5, 0.6) is 5.75 Å². The number of benzene rings is 1. The number of pyridine rings is 1. The number of nitrogens with zero attached hydrogens (tertiary/aromatic N) is 5. The van der Waals surface area contributed by atoms with Gasteiger partial charge in [-0.05, 0) is 24.3 Å². The highest BCUT2D eigenvalue weighted by Gasteiger charge is 2.14. The molecule has 0 spiro atoms. The number of rotatable bonds is 5. The van der Waals surface area contributed by atoms with Crippen molar-refractivity contribution in [2.75, 3.05) is 12.4 Å². The van der Waals surface area contributed by atoms with E-state index in [0.717, 1.165) is 11.1 Å². The average Bonchev–Trinajstić information content (AvgIpc) is 3.12. The molecule has 3 aromatic heterocycles. The Hall–Kier alpha value is -4.01. The van der Waals surface area contributed by atoms with Crippen LogP contribution in [0.1, 0.15) is 0 Å². The van der Waals surface area contributed by atoms with E-state index in [4.69, 9.17) is 4.74 Å². The van der Waals surface area contributed by atoms with E-state index in [1.807, 2.05) is 24.4 Å². The first kappa shape index (κ1) is 16.5. The lowest BCUT2D eigenvalue weighted by Crippen LogP contribution is -2.01. The fourth-order valence-corrected chi connectivity index (χ4v) is 2.73. The zero-order chi connectivity index (χ0) is 18.8. The number of anilines is 2. The first-order valence-electron chi connectivity index (χ1n) is 8.01. The van der Waals surface area contributed by atoms with Crippen LogP contribution in [-0.2, 0) is 0 Å². The van der Waals surface area contributed by atoms with Crippen LogP contribution in [0.15, 0.2) is 61.1 Å². The Bertz CT molecular complexity index is 1140. The van der Waals surface area contributed by atoms with Crippen LogP contribution in [0.4, 0.5) is 17.3 Å². The molecule has 0 atom stereocenters. The average molecular weight is 362 g/mol. The molecule has 0 unspecified atom stereocenters. The molecule has 1 N–H and O–H groups in total. The smallest absolute Gasteiger partial charge is 0.271 e. The third-order valence-electron chi connectivity index (χ3n) is 4.00. The van der Waals surface area contributed by atoms with Crippen LogP contribution in [0.3, 0.4) is 0 Å². The zero-order valence-corrected chi connectivity index (χ0v) is 14.2. The van der Waals surface area contributed by atoms with E-state index in [0.29, 0.717) is 23.1 Å². The summed E-state index contributed by atoms with van der Waals surface area (Å²) in [5, 5.41) is 18.3. The van der Waals surface area contributed by atoms with Crippen LogP contribution < -0.4 is 10.1 Å². The van der Waals surface area contributed by atoms with Crippen molar-refractivity contribution >= 4 is 22.8 Å². The van der Waals surface area contributed by atoms with Gasteiger partial charge in [0, 0.05) is 30.1 Å². The number of hydrogen-bond acceptors (Lipinski definition) is 7. The molecule has 4 aromatic rings. The summed E-state index contributed by atoms with van der Waals surface area (Å²) in [6.07, 6.45) is 5.20. The third-order valence-corrected chi connectivity index (χ3v) is 4.00. The molecule has 1 aromatic carbocycles. The lowest BCUT2D eigenvalue weighted by Gasteiger charge is -2.10. The normalized spacial score (nSPS) is 10.7. The van der Waals surface area contributed by atoms with Crippen molar-refractivity contribution in [3.8, 4) is 17.0 Å².